The molecular formula is C93H144ClN23O21S2. The molecule has 140 heavy (non-hydrogen) atoms. The number of aliphatic carboxylic acids is 1. The van der Waals surface area contributed by atoms with Crippen LogP contribution in [0.2, 0.25) is 5.02 Å². The van der Waals surface area contributed by atoms with Crippen LogP contribution in [0.5, 0.6) is 0 Å². The van der Waals surface area contributed by atoms with Crippen LogP contribution in [-0.4, -0.2) is 315 Å². The molecule has 0 aliphatic carbocycles. The van der Waals surface area contributed by atoms with E-state index in [1.54, 1.807) is 82.3 Å². The molecule has 44 nitrogen and oxygen atoms in total. The third kappa shape index (κ3) is 36.2. The van der Waals surface area contributed by atoms with Crippen LogP contribution in [0.1, 0.15) is 207 Å². The molecule has 2 aromatic carbocycles. The second-order valence-corrected chi connectivity index (χ2v) is 39.9. The van der Waals surface area contributed by atoms with Crippen LogP contribution in [0.25, 0.3) is 0 Å². The maximum Gasteiger partial charge on any atom is 0.303 e. The van der Waals surface area contributed by atoms with Gasteiger partial charge in [0.05, 0.1) is 6.61 Å². The molecular weight excluding hydrogens is 1870 g/mol. The summed E-state index contributed by atoms with van der Waals surface area (Å²) >= 11 is 6.37. The molecule has 776 valence electrons. The number of nitrogens with two attached hydrogens (primary N) is 4. The lowest BCUT2D eigenvalue weighted by Crippen LogP contribution is -2.61. The summed E-state index contributed by atoms with van der Waals surface area (Å²) in [7, 11) is 1.94. The number of aliphatic hydroxyl groups excluding tert-OH is 1. The molecule has 5 saturated heterocycles. The lowest BCUT2D eigenvalue weighted by Gasteiger charge is -2.33. The van der Waals surface area contributed by atoms with E-state index in [1.165, 1.54) is 33.4 Å². The van der Waals surface area contributed by atoms with Crippen LogP contribution in [0.3, 0.4) is 0 Å². The van der Waals surface area contributed by atoms with E-state index in [9.17, 15) is 67.7 Å². The number of hydrogen-bond acceptors (Lipinski definition) is 25. The summed E-state index contributed by atoms with van der Waals surface area (Å²) in [6.07, 6.45) is 1.84. The molecule has 7 rings (SSSR count). The van der Waals surface area contributed by atoms with E-state index in [0.29, 0.717) is 61.1 Å². The van der Waals surface area contributed by atoms with Crippen LogP contribution in [-0.2, 0) is 104 Å². The number of carboxylic acids is 1. The normalized spacial score (nSPS) is 24.1. The Labute approximate surface area is 828 Å². The molecule has 0 spiro atoms. The van der Waals surface area contributed by atoms with Crippen molar-refractivity contribution in [3.05, 3.63) is 70.7 Å². The molecule has 25 N–H and O–H groups in total. The van der Waals surface area contributed by atoms with Gasteiger partial charge in [0.15, 0.2) is 5.96 Å². The minimum atomic E-state index is -1.84. The first kappa shape index (κ1) is 115. The number of rotatable bonds is 39. The first-order chi connectivity index (χ1) is 66.7. The highest BCUT2D eigenvalue weighted by atomic mass is 35.5. The fraction of sp³-hybridized carbons (Fsp3) is 0.656. The third-order valence-electron chi connectivity index (χ3n) is 25.0. The summed E-state index contributed by atoms with van der Waals surface area (Å²) in [5, 5.41) is 66.4. The van der Waals surface area contributed by atoms with Crippen molar-refractivity contribution in [2.24, 2.45) is 34.8 Å². The number of primary amides is 1. The van der Waals surface area contributed by atoms with Crippen molar-refractivity contribution in [1.29, 1.82) is 5.41 Å². The SMILES string of the molecule is CCCC[C@@H]1NC(=O)[C@H](CCCCN)NC(=O)[C@H](CCCNC(=N)N)NC(=O)[C@H](CC(C)C)NC(=O)C(NC(=O)[C@H](Cc2ccc(Cl)cc2)NC(=O)[C@@H]2CCCN2C(=O)[C@@H](NC(C)=O)C(C)C)CCSSC[C@@H](C(=O)NC(CCCCN)C(=O)N2CCC[C@H]2C(=O)N2CCC[C@H]2C(=O)N[C@@H](CCC(=O)O)C(N)=O)NC(=O)[C@H](Cc2ccccc2)NC(=O)[C@H](CO)NC(=O)C(C)NC(=O)[C@@H]2CCCN2C1=O. The van der Waals surface area contributed by atoms with Gasteiger partial charge in [0, 0.05) is 75.4 Å². The summed E-state index contributed by atoms with van der Waals surface area (Å²) < 4.78 is 0. The standard InChI is InChI=1S/C93H144ClN23O21S2/c1-8-9-24-63-89(135)114-42-18-28-70(114)86(132)101-54(6)77(123)112-68(50-118)84(130)110-66(48-56-22-11-10-12-23-56)83(129)113-69(85(131)108-64(26-14-16-40-96)90(136)117-45-21-31-73(117)91(137)115-43-19-29-71(115)87(133)103-59(76(97)122)36-37-74(120)121)51-140-139-46-38-62(80(126)109-65(47-52(2)3)81(127)105-61(27-17-41-100-93(98)99)78(124)104-60(79(125)107-63)25-13-15-39-95)106-82(128)67(49-57-32-34-58(94)35-33-57)111-88(134)72-30-20-44-116(72)92(138)75(53(4)5)102-55(7)119/h10-12,22-23,32-35,52-54,59-73,75,118H,8-9,13-21,24-31,36-51,95-96H2,1-7H3,(H2,97,122)(H,101,132)(H,102,119)(H,103,133)(H,104,124)(H,105,127)(H,106,128)(H,107,125)(H,108,131)(H,109,126)(H,110,130)(H,111,134)(H,112,123)(H,113,129)(H,120,121)(H4,98,99,100)/t54?,59-,60-,61-,62?,63-,64?,65-,66-,67-,68-,69-,70-,71-,72-,73-,75-/m0/s1. The van der Waals surface area contributed by atoms with Gasteiger partial charge in [-0.1, -0.05) is 123 Å². The van der Waals surface area contributed by atoms with Gasteiger partial charge in [-0.25, -0.2) is 0 Å². The molecule has 0 saturated carbocycles. The van der Waals surface area contributed by atoms with Crippen LogP contribution in [0, 0.1) is 17.2 Å². The molecule has 0 radical (unpaired) electrons. The molecule has 3 unspecified atom stereocenters. The zero-order chi connectivity index (χ0) is 103. The van der Waals surface area contributed by atoms with Gasteiger partial charge >= 0.3 is 5.97 Å². The number of aliphatic hydroxyl groups is 1. The number of halogens is 1. The summed E-state index contributed by atoms with van der Waals surface area (Å²) in [5.74, 6) is -18.2. The van der Waals surface area contributed by atoms with Gasteiger partial charge in [0.1, 0.15) is 103 Å². The van der Waals surface area contributed by atoms with Crippen LogP contribution in [0.15, 0.2) is 54.6 Å². The molecule has 5 heterocycles. The predicted octanol–water partition coefficient (Wildman–Crippen LogP) is -2.03. The number of amides is 18. The zero-order valence-corrected chi connectivity index (χ0v) is 83.2. The lowest BCUT2D eigenvalue weighted by atomic mass is 10.0. The Bertz CT molecular complexity index is 4610. The molecule has 18 amide bonds. The molecule has 2 aromatic rings. The number of carbonyl (C=O) groups excluding carboxylic acids is 18. The number of benzene rings is 2. The van der Waals surface area contributed by atoms with Crippen molar-refractivity contribution < 1.29 is 101 Å². The van der Waals surface area contributed by atoms with Crippen molar-refractivity contribution in [3.63, 3.8) is 0 Å². The van der Waals surface area contributed by atoms with E-state index < -0.39 is 252 Å². The van der Waals surface area contributed by atoms with E-state index in [2.05, 4.69) is 74.4 Å². The van der Waals surface area contributed by atoms with Gasteiger partial charge in [-0.05, 0) is 184 Å². The predicted molar refractivity (Wildman–Crippen MR) is 522 cm³/mol. The average molecular weight is 2020 g/mol. The molecule has 0 aromatic heterocycles. The Morgan fingerprint density at radius 2 is 1.09 bits per heavy atom. The maximum atomic E-state index is 15.7. The maximum absolute atomic E-state index is 15.7. The number of carbonyl (C=O) groups is 19. The highest BCUT2D eigenvalue weighted by Gasteiger charge is 2.47. The molecule has 0 bridgehead atoms. The number of carboxylic acid groups (broad SMARTS) is 1. The molecule has 5 aliphatic rings. The first-order valence-electron chi connectivity index (χ1n) is 48.5. The minimum Gasteiger partial charge on any atom is -0.481 e. The Hall–Kier alpha value is -11.5. The number of unbranched alkanes of at least 4 members (excludes halogenated alkanes) is 3. The molecule has 47 heteroatoms. The summed E-state index contributed by atoms with van der Waals surface area (Å²) in [6.45, 7) is 10.8. The number of guanidine groups is 1. The van der Waals surface area contributed by atoms with E-state index in [4.69, 9.17) is 39.9 Å². The summed E-state index contributed by atoms with van der Waals surface area (Å²) in [6, 6.07) is -9.68. The van der Waals surface area contributed by atoms with E-state index >= 15 is 33.6 Å². The number of nitrogens with zero attached hydrogens (tertiary/aromatic N) is 4. The Balaban J connectivity index is 1.34. The van der Waals surface area contributed by atoms with Gasteiger partial charge in [0.25, 0.3) is 0 Å². The van der Waals surface area contributed by atoms with Gasteiger partial charge < -0.3 is 127 Å². The Morgan fingerprint density at radius 1 is 0.543 bits per heavy atom. The topological polar surface area (TPSA) is 674 Å². The van der Waals surface area contributed by atoms with E-state index in [1.807, 2.05) is 6.92 Å². The van der Waals surface area contributed by atoms with Crippen molar-refractivity contribution in [3.8, 4) is 0 Å². The first-order valence-corrected chi connectivity index (χ1v) is 51.3. The van der Waals surface area contributed by atoms with Gasteiger partial charge in [0.2, 0.25) is 106 Å². The average Bonchev–Trinajstić information content (AvgIpc) is 1.65. The van der Waals surface area contributed by atoms with Crippen LogP contribution in [0.4, 0.5) is 0 Å². The van der Waals surface area contributed by atoms with E-state index in [0.717, 1.165) is 21.6 Å². The monoisotopic (exact) mass is 2020 g/mol. The van der Waals surface area contributed by atoms with Crippen LogP contribution < -0.4 is 97.4 Å². The Morgan fingerprint density at radius 3 is 1.69 bits per heavy atom. The van der Waals surface area contributed by atoms with Crippen molar-refractivity contribution in [2.45, 2.75) is 312 Å². The van der Waals surface area contributed by atoms with Gasteiger partial charge in [-0.15, -0.1) is 0 Å². The highest BCUT2D eigenvalue weighted by Crippen LogP contribution is 2.30. The molecule has 5 aliphatic heterocycles. The number of nitrogens with one attached hydrogen (secondary N) is 15. The highest BCUT2D eigenvalue weighted by molar-refractivity contribution is 8.76. The fourth-order valence-corrected chi connectivity index (χ4v) is 19.8. The zero-order valence-electron chi connectivity index (χ0n) is 80.9. The molecule has 5 fully saturated rings. The minimum absolute atomic E-state index is 0.00900. The Kier molecular flexibility index (Phi) is 48.4. The van der Waals surface area contributed by atoms with Crippen molar-refractivity contribution >= 4 is 151 Å². The fourth-order valence-electron chi connectivity index (χ4n) is 17.4. The summed E-state index contributed by atoms with van der Waals surface area (Å²) in [4.78, 5) is 281. The van der Waals surface area contributed by atoms with Crippen LogP contribution >= 0.6 is 33.2 Å². The largest absolute Gasteiger partial charge is 0.481 e. The second kappa shape index (κ2) is 58.7. The number of likely N-dealkylation sites (tertiary alicyclic amines) is 3. The van der Waals surface area contributed by atoms with Crippen molar-refractivity contribution in [2.75, 3.05) is 63.9 Å². The molecule has 17 atom stereocenters. The van der Waals surface area contributed by atoms with Gasteiger partial charge in [-0.3, -0.25) is 96.5 Å². The van der Waals surface area contributed by atoms with Gasteiger partial charge in [-0.2, -0.15) is 0 Å². The smallest absolute Gasteiger partial charge is 0.303 e. The third-order valence-corrected chi connectivity index (χ3v) is 27.7. The summed E-state index contributed by atoms with van der Waals surface area (Å²) in [5.41, 5.74) is 24.1. The lowest BCUT2D eigenvalue weighted by molar-refractivity contribution is -0.148. The quantitative estimate of drug-likeness (QED) is 0.0149. The van der Waals surface area contributed by atoms with Crippen molar-refractivity contribution in [1.82, 2.24) is 94.0 Å². The second-order valence-electron chi connectivity index (χ2n) is 36.8. The number of fused-ring (bicyclic) bond motifs is 1. The van der Waals surface area contributed by atoms with E-state index in [-0.39, 0.29) is 161 Å². The number of hydrogen-bond donors (Lipinski definition) is 21.